The summed E-state index contributed by atoms with van der Waals surface area (Å²) in [7, 11) is -5.59. The van der Waals surface area contributed by atoms with Crippen molar-refractivity contribution >= 4 is 21.2 Å². The first kappa shape index (κ1) is 11.7. The summed E-state index contributed by atoms with van der Waals surface area (Å²) in [5.41, 5.74) is 0. The molecule has 1 N–H and O–H groups in total. The molecule has 1 rings (SSSR count). The van der Waals surface area contributed by atoms with Gasteiger partial charge in [-0.3, -0.25) is 4.57 Å². The molecule has 0 amide bonds. The molecular weight excluding hydrogens is 215 g/mol. The zero-order chi connectivity index (χ0) is 10.8. The van der Waals surface area contributed by atoms with Crippen molar-refractivity contribution in [3.8, 4) is 0 Å². The van der Waals surface area contributed by atoms with E-state index in [1.54, 1.807) is 30.3 Å². The van der Waals surface area contributed by atoms with Crippen LogP contribution in [0, 0.1) is 0 Å². The first-order chi connectivity index (χ1) is 6.31. The van der Waals surface area contributed by atoms with Crippen LogP contribution in [0.2, 0.25) is 19.6 Å². The third-order valence-electron chi connectivity index (χ3n) is 1.48. The SMILES string of the molecule is C[Si](C)(C)OP(=O)(O)c1ccccc1. The normalized spacial score (nSPS) is 16.3. The summed E-state index contributed by atoms with van der Waals surface area (Å²) in [6.07, 6.45) is 0. The van der Waals surface area contributed by atoms with E-state index in [1.165, 1.54) is 0 Å². The lowest BCUT2D eigenvalue weighted by molar-refractivity contribution is 0.392. The topological polar surface area (TPSA) is 46.5 Å². The lowest BCUT2D eigenvalue weighted by Gasteiger charge is -2.21. The van der Waals surface area contributed by atoms with Crippen LogP contribution in [0.4, 0.5) is 0 Å². The van der Waals surface area contributed by atoms with Crippen molar-refractivity contribution in [3.05, 3.63) is 30.3 Å². The Balaban J connectivity index is 2.93. The average Bonchev–Trinajstić information content (AvgIpc) is 2.01. The fourth-order valence-electron chi connectivity index (χ4n) is 1.04. The zero-order valence-electron chi connectivity index (χ0n) is 8.60. The van der Waals surface area contributed by atoms with Gasteiger partial charge in [-0.1, -0.05) is 18.2 Å². The molecule has 14 heavy (non-hydrogen) atoms. The summed E-state index contributed by atoms with van der Waals surface area (Å²) in [4.78, 5) is 9.69. The van der Waals surface area contributed by atoms with Gasteiger partial charge in [0.1, 0.15) is 0 Å². The Morgan fingerprint density at radius 1 is 1.21 bits per heavy atom. The van der Waals surface area contributed by atoms with Crippen molar-refractivity contribution in [2.24, 2.45) is 0 Å². The minimum absolute atomic E-state index is 0.363. The van der Waals surface area contributed by atoms with Crippen molar-refractivity contribution in [1.29, 1.82) is 0 Å². The molecular formula is C9H15O3PSi. The lowest BCUT2D eigenvalue weighted by atomic mass is 10.4. The maximum absolute atomic E-state index is 11.8. The molecule has 0 bridgehead atoms. The summed E-state index contributed by atoms with van der Waals surface area (Å²) >= 11 is 0. The third-order valence-corrected chi connectivity index (χ3v) is 5.61. The highest BCUT2D eigenvalue weighted by molar-refractivity contribution is 7.62. The maximum atomic E-state index is 11.8. The fraction of sp³-hybridized carbons (Fsp3) is 0.333. The molecule has 0 aliphatic rings. The van der Waals surface area contributed by atoms with Gasteiger partial charge < -0.3 is 9.11 Å². The van der Waals surface area contributed by atoms with Gasteiger partial charge in [0.15, 0.2) is 8.32 Å². The first-order valence-electron chi connectivity index (χ1n) is 4.40. The van der Waals surface area contributed by atoms with E-state index in [0.29, 0.717) is 5.30 Å². The molecule has 0 saturated heterocycles. The number of hydrogen-bond acceptors (Lipinski definition) is 2. The molecule has 0 saturated carbocycles. The number of benzene rings is 1. The smallest absolute Gasteiger partial charge is 0.348 e. The second-order valence-electron chi connectivity index (χ2n) is 4.06. The summed E-state index contributed by atoms with van der Waals surface area (Å²) < 4.78 is 17.1. The molecule has 5 heteroatoms. The van der Waals surface area contributed by atoms with E-state index < -0.39 is 15.9 Å². The molecule has 78 valence electrons. The molecule has 1 aromatic rings. The van der Waals surface area contributed by atoms with Crippen molar-refractivity contribution < 1.29 is 13.7 Å². The molecule has 0 fully saturated rings. The summed E-state index contributed by atoms with van der Waals surface area (Å²) in [6.45, 7) is 5.66. The van der Waals surface area contributed by atoms with Gasteiger partial charge in [0.2, 0.25) is 0 Å². The standard InChI is InChI=1S/C9H15O3PSi/c1-14(2,3)12-13(10,11)9-7-5-4-6-8-9/h4-8H,1-3H3,(H,10,11). The minimum atomic E-state index is -3.60. The molecule has 0 heterocycles. The van der Waals surface area contributed by atoms with Crippen molar-refractivity contribution in [2.75, 3.05) is 0 Å². The van der Waals surface area contributed by atoms with E-state index in [-0.39, 0.29) is 0 Å². The van der Waals surface area contributed by atoms with Crippen LogP contribution < -0.4 is 5.30 Å². The molecule has 0 aromatic heterocycles. The monoisotopic (exact) mass is 230 g/mol. The van der Waals surface area contributed by atoms with Gasteiger partial charge in [-0.15, -0.1) is 0 Å². The second kappa shape index (κ2) is 3.99. The Labute approximate surface area is 85.4 Å². The predicted octanol–water partition coefficient (Wildman–Crippen LogP) is 2.35. The quantitative estimate of drug-likeness (QED) is 0.640. The zero-order valence-corrected chi connectivity index (χ0v) is 10.5. The Morgan fingerprint density at radius 3 is 2.14 bits per heavy atom. The average molecular weight is 230 g/mol. The van der Waals surface area contributed by atoms with Gasteiger partial charge in [0, 0.05) is 0 Å². The number of hydrogen-bond donors (Lipinski definition) is 1. The highest BCUT2D eigenvalue weighted by Gasteiger charge is 2.30. The van der Waals surface area contributed by atoms with E-state index in [4.69, 9.17) is 4.21 Å². The minimum Gasteiger partial charge on any atom is -0.348 e. The highest BCUT2D eigenvalue weighted by atomic mass is 31.2. The Bertz CT molecular complexity index is 345. The molecule has 1 unspecified atom stereocenters. The van der Waals surface area contributed by atoms with Gasteiger partial charge in [-0.25, -0.2) is 0 Å². The second-order valence-corrected chi connectivity index (χ2v) is 10.6. The first-order valence-corrected chi connectivity index (χ1v) is 9.39. The van der Waals surface area contributed by atoms with E-state index in [0.717, 1.165) is 0 Å². The van der Waals surface area contributed by atoms with Crippen LogP contribution >= 0.6 is 7.60 Å². The summed E-state index contributed by atoms with van der Waals surface area (Å²) in [6, 6.07) is 8.48. The van der Waals surface area contributed by atoms with Crippen molar-refractivity contribution in [3.63, 3.8) is 0 Å². The van der Waals surface area contributed by atoms with Crippen LogP contribution in [0.5, 0.6) is 0 Å². The van der Waals surface area contributed by atoms with Gasteiger partial charge in [0.25, 0.3) is 0 Å². The van der Waals surface area contributed by atoms with E-state index in [9.17, 15) is 9.46 Å². The highest BCUT2D eigenvalue weighted by Crippen LogP contribution is 2.43. The molecule has 0 aliphatic heterocycles. The molecule has 1 atom stereocenters. The van der Waals surface area contributed by atoms with Gasteiger partial charge in [-0.2, -0.15) is 0 Å². The molecule has 0 radical (unpaired) electrons. The van der Waals surface area contributed by atoms with Gasteiger partial charge in [-0.05, 0) is 31.8 Å². The van der Waals surface area contributed by atoms with Crippen LogP contribution in [-0.2, 0) is 8.78 Å². The van der Waals surface area contributed by atoms with Crippen LogP contribution in [-0.4, -0.2) is 13.2 Å². The Hall–Kier alpha value is -0.413. The lowest BCUT2D eigenvalue weighted by Crippen LogP contribution is -2.26. The van der Waals surface area contributed by atoms with Crippen LogP contribution in [0.1, 0.15) is 0 Å². The Kier molecular flexibility index (Phi) is 3.32. The maximum Gasteiger partial charge on any atom is 0.349 e. The molecule has 0 spiro atoms. The van der Waals surface area contributed by atoms with Gasteiger partial charge >= 0.3 is 7.60 Å². The van der Waals surface area contributed by atoms with Gasteiger partial charge in [0.05, 0.1) is 5.30 Å². The third kappa shape index (κ3) is 3.39. The summed E-state index contributed by atoms with van der Waals surface area (Å²) in [5.74, 6) is 0. The fourth-order valence-corrected chi connectivity index (χ4v) is 4.98. The Morgan fingerprint density at radius 2 is 1.71 bits per heavy atom. The van der Waals surface area contributed by atoms with Crippen molar-refractivity contribution in [1.82, 2.24) is 0 Å². The van der Waals surface area contributed by atoms with E-state index in [2.05, 4.69) is 0 Å². The molecule has 1 aromatic carbocycles. The van der Waals surface area contributed by atoms with E-state index >= 15 is 0 Å². The van der Waals surface area contributed by atoms with Crippen LogP contribution in [0.15, 0.2) is 30.3 Å². The van der Waals surface area contributed by atoms with Crippen LogP contribution in [0.3, 0.4) is 0 Å². The number of rotatable bonds is 3. The van der Waals surface area contributed by atoms with Crippen LogP contribution in [0.25, 0.3) is 0 Å². The molecule has 0 aliphatic carbocycles. The van der Waals surface area contributed by atoms with Crippen molar-refractivity contribution in [2.45, 2.75) is 19.6 Å². The summed E-state index contributed by atoms with van der Waals surface area (Å²) in [5, 5.41) is 0.363. The predicted molar refractivity (Wildman–Crippen MR) is 60.3 cm³/mol. The molecule has 3 nitrogen and oxygen atoms in total. The van der Waals surface area contributed by atoms with E-state index in [1.807, 2.05) is 19.6 Å². The largest absolute Gasteiger partial charge is 0.349 e.